The topological polar surface area (TPSA) is 62.8 Å². The van der Waals surface area contributed by atoms with E-state index in [1.165, 1.54) is 12.1 Å². The Bertz CT molecular complexity index is 1080. The quantitative estimate of drug-likeness (QED) is 0.526. The van der Waals surface area contributed by atoms with Gasteiger partial charge in [0.1, 0.15) is 18.2 Å². The van der Waals surface area contributed by atoms with Crippen LogP contribution in [0.25, 0.3) is 11.0 Å². The van der Waals surface area contributed by atoms with Crippen molar-refractivity contribution >= 4 is 16.7 Å². The summed E-state index contributed by atoms with van der Waals surface area (Å²) in [7, 11) is 0. The number of hydrogen-bond acceptors (Lipinski definition) is 4. The number of aryl methyl sites for hydroxylation is 1. The molecule has 0 unspecified atom stereocenters. The fourth-order valence-electron chi connectivity index (χ4n) is 2.86. The third-order valence-electron chi connectivity index (χ3n) is 4.28. The van der Waals surface area contributed by atoms with E-state index in [0.717, 1.165) is 33.5 Å². The first-order chi connectivity index (χ1) is 13.2. The summed E-state index contributed by atoms with van der Waals surface area (Å²) >= 11 is 0. The first kappa shape index (κ1) is 17.0. The van der Waals surface area contributed by atoms with Gasteiger partial charge in [0.05, 0.1) is 0 Å². The molecule has 6 heteroatoms. The third-order valence-corrected chi connectivity index (χ3v) is 4.28. The van der Waals surface area contributed by atoms with E-state index in [0.29, 0.717) is 18.9 Å². The van der Waals surface area contributed by atoms with Crippen molar-refractivity contribution in [3.05, 3.63) is 83.4 Å². The van der Waals surface area contributed by atoms with Crippen molar-refractivity contribution in [2.45, 2.75) is 20.1 Å². The molecular weight excluding hydrogens is 343 g/mol. The Hall–Kier alpha value is -3.41. The van der Waals surface area contributed by atoms with Gasteiger partial charge in [0.15, 0.2) is 5.65 Å². The van der Waals surface area contributed by atoms with Crippen molar-refractivity contribution in [3.8, 4) is 5.75 Å². The van der Waals surface area contributed by atoms with E-state index in [1.807, 2.05) is 37.4 Å². The van der Waals surface area contributed by atoms with Gasteiger partial charge in [0.2, 0.25) is 0 Å². The van der Waals surface area contributed by atoms with Gasteiger partial charge in [-0.1, -0.05) is 18.2 Å². The zero-order chi connectivity index (χ0) is 18.6. The van der Waals surface area contributed by atoms with Crippen LogP contribution in [0.2, 0.25) is 0 Å². The average Bonchev–Trinajstić information content (AvgIpc) is 3.06. The predicted molar refractivity (Wildman–Crippen MR) is 103 cm³/mol. The first-order valence-electron chi connectivity index (χ1n) is 8.68. The van der Waals surface area contributed by atoms with Gasteiger partial charge in [-0.25, -0.2) is 9.37 Å². The second kappa shape index (κ2) is 7.45. The summed E-state index contributed by atoms with van der Waals surface area (Å²) < 4.78 is 18.9. The van der Waals surface area contributed by atoms with Crippen LogP contribution in [0, 0.1) is 12.7 Å². The van der Waals surface area contributed by atoms with Crippen LogP contribution >= 0.6 is 0 Å². The molecule has 5 nitrogen and oxygen atoms in total. The average molecular weight is 362 g/mol. The Morgan fingerprint density at radius 3 is 2.85 bits per heavy atom. The molecule has 4 aromatic rings. The summed E-state index contributed by atoms with van der Waals surface area (Å²) in [5, 5.41) is 11.5. The molecule has 0 fully saturated rings. The number of aromatic amines is 1. The molecule has 0 aliphatic heterocycles. The maximum atomic E-state index is 13.2. The number of anilines is 1. The van der Waals surface area contributed by atoms with Crippen molar-refractivity contribution in [1.82, 2.24) is 15.2 Å². The van der Waals surface area contributed by atoms with Crippen LogP contribution in [0.15, 0.2) is 60.8 Å². The number of pyridine rings is 1. The molecular formula is C21H19FN4O. The Kier molecular flexibility index (Phi) is 4.70. The molecule has 0 saturated heterocycles. The van der Waals surface area contributed by atoms with E-state index in [4.69, 9.17) is 4.74 Å². The molecule has 0 amide bonds. The van der Waals surface area contributed by atoms with Gasteiger partial charge in [0, 0.05) is 35.6 Å². The van der Waals surface area contributed by atoms with Gasteiger partial charge in [-0.15, -0.1) is 0 Å². The first-order valence-corrected chi connectivity index (χ1v) is 8.68. The van der Waals surface area contributed by atoms with Crippen LogP contribution in [0.4, 0.5) is 10.1 Å². The van der Waals surface area contributed by atoms with Gasteiger partial charge < -0.3 is 10.1 Å². The maximum absolute atomic E-state index is 13.2. The summed E-state index contributed by atoms with van der Waals surface area (Å²) in [6.07, 6.45) is 1.83. The number of rotatable bonds is 6. The number of nitrogens with zero attached hydrogens (tertiary/aromatic N) is 2. The lowest BCUT2D eigenvalue weighted by atomic mass is 10.2. The molecule has 136 valence electrons. The number of halogens is 1. The van der Waals surface area contributed by atoms with E-state index in [2.05, 4.69) is 26.6 Å². The van der Waals surface area contributed by atoms with Crippen LogP contribution in [-0.4, -0.2) is 15.2 Å². The number of H-pyrrole nitrogens is 1. The van der Waals surface area contributed by atoms with Crippen LogP contribution in [-0.2, 0) is 13.2 Å². The highest BCUT2D eigenvalue weighted by molar-refractivity contribution is 5.77. The minimum Gasteiger partial charge on any atom is -0.489 e. The predicted octanol–water partition coefficient (Wildman–Crippen LogP) is 4.60. The molecule has 0 aliphatic carbocycles. The standard InChI is InChI=1S/C21H19FN4O/c1-14-20-9-16(12-24-21(20)26-25-14)11-23-18-6-2-4-15(8-18)13-27-19-7-3-5-17(22)10-19/h2-10,12,23H,11,13H2,1H3,(H,24,25,26). The molecule has 2 aromatic heterocycles. The Labute approximate surface area is 156 Å². The fourth-order valence-corrected chi connectivity index (χ4v) is 2.86. The van der Waals surface area contributed by atoms with Gasteiger partial charge in [-0.3, -0.25) is 5.10 Å². The Balaban J connectivity index is 1.40. The SMILES string of the molecule is Cc1[nH]nc2ncc(CNc3cccc(COc4cccc(F)c4)c3)cc12. The smallest absolute Gasteiger partial charge is 0.181 e. The largest absolute Gasteiger partial charge is 0.489 e. The van der Waals surface area contributed by atoms with E-state index in [-0.39, 0.29) is 5.82 Å². The van der Waals surface area contributed by atoms with Crippen molar-refractivity contribution < 1.29 is 9.13 Å². The molecule has 2 heterocycles. The van der Waals surface area contributed by atoms with E-state index in [1.54, 1.807) is 12.1 Å². The molecule has 0 atom stereocenters. The number of benzene rings is 2. The zero-order valence-electron chi connectivity index (χ0n) is 14.9. The summed E-state index contributed by atoms with van der Waals surface area (Å²) in [5.41, 5.74) is 4.81. The number of fused-ring (bicyclic) bond motifs is 1. The number of ether oxygens (including phenoxy) is 1. The number of aromatic nitrogens is 3. The molecule has 0 radical (unpaired) electrons. The second-order valence-electron chi connectivity index (χ2n) is 6.36. The van der Waals surface area contributed by atoms with Crippen LogP contribution in [0.3, 0.4) is 0 Å². The lowest BCUT2D eigenvalue weighted by molar-refractivity contribution is 0.304. The summed E-state index contributed by atoms with van der Waals surface area (Å²) in [6.45, 7) is 3.01. The highest BCUT2D eigenvalue weighted by Gasteiger charge is 2.04. The minimum absolute atomic E-state index is 0.304. The van der Waals surface area contributed by atoms with Crippen LogP contribution in [0.5, 0.6) is 5.75 Å². The molecule has 27 heavy (non-hydrogen) atoms. The Morgan fingerprint density at radius 2 is 1.96 bits per heavy atom. The Morgan fingerprint density at radius 1 is 1.07 bits per heavy atom. The molecule has 2 N–H and O–H groups in total. The molecule has 2 aromatic carbocycles. The summed E-state index contributed by atoms with van der Waals surface area (Å²) in [6, 6.07) is 16.2. The van der Waals surface area contributed by atoms with Crippen molar-refractivity contribution in [1.29, 1.82) is 0 Å². The minimum atomic E-state index is -0.304. The normalized spacial score (nSPS) is 10.9. The van der Waals surface area contributed by atoms with E-state index < -0.39 is 0 Å². The van der Waals surface area contributed by atoms with Crippen LogP contribution in [0.1, 0.15) is 16.8 Å². The van der Waals surface area contributed by atoms with Gasteiger partial charge in [0.25, 0.3) is 0 Å². The number of hydrogen-bond donors (Lipinski definition) is 2. The fraction of sp³-hybridized carbons (Fsp3) is 0.143. The molecule has 0 bridgehead atoms. The maximum Gasteiger partial charge on any atom is 0.181 e. The summed E-state index contributed by atoms with van der Waals surface area (Å²) in [5.74, 6) is 0.213. The van der Waals surface area contributed by atoms with Crippen molar-refractivity contribution in [3.63, 3.8) is 0 Å². The van der Waals surface area contributed by atoms with Gasteiger partial charge in [-0.2, -0.15) is 5.10 Å². The second-order valence-corrected chi connectivity index (χ2v) is 6.36. The summed E-state index contributed by atoms with van der Waals surface area (Å²) in [4.78, 5) is 4.37. The molecule has 4 rings (SSSR count). The van der Waals surface area contributed by atoms with Crippen molar-refractivity contribution in [2.75, 3.05) is 5.32 Å². The van der Waals surface area contributed by atoms with Gasteiger partial charge in [-0.05, 0) is 48.4 Å². The zero-order valence-corrected chi connectivity index (χ0v) is 14.9. The van der Waals surface area contributed by atoms with Crippen molar-refractivity contribution in [2.24, 2.45) is 0 Å². The van der Waals surface area contributed by atoms with E-state index >= 15 is 0 Å². The molecule has 0 aliphatic rings. The molecule has 0 saturated carbocycles. The lowest BCUT2D eigenvalue weighted by Crippen LogP contribution is -2.01. The number of nitrogens with one attached hydrogen (secondary N) is 2. The highest BCUT2D eigenvalue weighted by Crippen LogP contribution is 2.18. The highest BCUT2D eigenvalue weighted by atomic mass is 19.1. The van der Waals surface area contributed by atoms with E-state index in [9.17, 15) is 4.39 Å². The molecule has 0 spiro atoms. The van der Waals surface area contributed by atoms with Gasteiger partial charge >= 0.3 is 0 Å². The monoisotopic (exact) mass is 362 g/mol. The lowest BCUT2D eigenvalue weighted by Gasteiger charge is -2.10. The third kappa shape index (κ3) is 4.06. The van der Waals surface area contributed by atoms with Crippen LogP contribution < -0.4 is 10.1 Å².